The molecule has 1 N–H and O–H groups in total. The Kier molecular flexibility index (Phi) is 4.83. The summed E-state index contributed by atoms with van der Waals surface area (Å²) in [6.07, 6.45) is 8.58. The van der Waals surface area contributed by atoms with Crippen molar-refractivity contribution in [2.75, 3.05) is 19.8 Å². The molecule has 0 saturated carbocycles. The first kappa shape index (κ1) is 11.6. The lowest BCUT2D eigenvalue weighted by Gasteiger charge is -2.15. The van der Waals surface area contributed by atoms with Gasteiger partial charge in [-0.2, -0.15) is 5.10 Å². The van der Waals surface area contributed by atoms with Crippen molar-refractivity contribution in [3.63, 3.8) is 0 Å². The van der Waals surface area contributed by atoms with E-state index in [0.717, 1.165) is 39.1 Å². The van der Waals surface area contributed by atoms with Crippen molar-refractivity contribution in [1.82, 2.24) is 15.1 Å². The fraction of sp³-hybridized carbons (Fsp3) is 0.750. The fourth-order valence-electron chi connectivity index (χ4n) is 2.09. The zero-order valence-corrected chi connectivity index (χ0v) is 9.77. The molecule has 1 aromatic heterocycles. The molecule has 1 saturated heterocycles. The lowest BCUT2D eigenvalue weighted by molar-refractivity contribution is 0.142. The summed E-state index contributed by atoms with van der Waals surface area (Å²) in [6, 6.07) is 2.62. The van der Waals surface area contributed by atoms with Crippen LogP contribution in [0.1, 0.15) is 25.7 Å². The Morgan fingerprint density at radius 2 is 2.38 bits per heavy atom. The third-order valence-corrected chi connectivity index (χ3v) is 3.01. The van der Waals surface area contributed by atoms with Crippen molar-refractivity contribution in [2.24, 2.45) is 0 Å². The van der Waals surface area contributed by atoms with Gasteiger partial charge in [-0.1, -0.05) is 0 Å². The van der Waals surface area contributed by atoms with Crippen LogP contribution in [-0.2, 0) is 11.3 Å². The Morgan fingerprint density at radius 1 is 1.38 bits per heavy atom. The molecule has 0 aromatic carbocycles. The molecule has 0 amide bonds. The van der Waals surface area contributed by atoms with Gasteiger partial charge in [-0.25, -0.2) is 0 Å². The van der Waals surface area contributed by atoms with Crippen molar-refractivity contribution >= 4 is 0 Å². The molecular weight excluding hydrogens is 202 g/mol. The second kappa shape index (κ2) is 6.66. The highest BCUT2D eigenvalue weighted by Crippen LogP contribution is 2.07. The van der Waals surface area contributed by atoms with Gasteiger partial charge in [0, 0.05) is 38.2 Å². The van der Waals surface area contributed by atoms with Gasteiger partial charge >= 0.3 is 0 Å². The van der Waals surface area contributed by atoms with Gasteiger partial charge in [0.2, 0.25) is 0 Å². The number of nitrogens with zero attached hydrogens (tertiary/aromatic N) is 2. The summed E-state index contributed by atoms with van der Waals surface area (Å²) < 4.78 is 7.42. The summed E-state index contributed by atoms with van der Waals surface area (Å²) in [7, 11) is 0. The van der Waals surface area contributed by atoms with Gasteiger partial charge in [0.1, 0.15) is 0 Å². The van der Waals surface area contributed by atoms with Gasteiger partial charge in [-0.15, -0.1) is 0 Å². The Labute approximate surface area is 97.0 Å². The molecule has 0 radical (unpaired) electrons. The minimum atomic E-state index is 0.653. The highest BCUT2D eigenvalue weighted by molar-refractivity contribution is 4.77. The standard InChI is InChI=1S/C12H21N3O/c1-4-12(5-11-16-10-1)13-6-2-8-15-9-3-7-14-15/h3,7,9,12-13H,1-2,4-6,8,10-11H2. The lowest BCUT2D eigenvalue weighted by Crippen LogP contribution is -2.30. The average Bonchev–Trinajstić information content (AvgIpc) is 2.68. The zero-order chi connectivity index (χ0) is 11.1. The predicted molar refractivity (Wildman–Crippen MR) is 63.3 cm³/mol. The molecule has 1 unspecified atom stereocenters. The second-order valence-corrected chi connectivity index (χ2v) is 4.32. The number of hydrogen-bond acceptors (Lipinski definition) is 3. The smallest absolute Gasteiger partial charge is 0.0489 e. The third kappa shape index (κ3) is 3.94. The lowest BCUT2D eigenvalue weighted by atomic mass is 10.1. The van der Waals surface area contributed by atoms with Crippen molar-refractivity contribution in [1.29, 1.82) is 0 Å². The molecule has 1 fully saturated rings. The fourth-order valence-corrected chi connectivity index (χ4v) is 2.09. The molecule has 0 bridgehead atoms. The number of aromatic nitrogens is 2. The highest BCUT2D eigenvalue weighted by Gasteiger charge is 2.10. The first-order chi connectivity index (χ1) is 7.95. The van der Waals surface area contributed by atoms with Gasteiger partial charge in [0.05, 0.1) is 0 Å². The van der Waals surface area contributed by atoms with E-state index in [4.69, 9.17) is 4.74 Å². The minimum absolute atomic E-state index is 0.653. The van der Waals surface area contributed by atoms with Gasteiger partial charge in [-0.3, -0.25) is 4.68 Å². The zero-order valence-electron chi connectivity index (χ0n) is 9.77. The van der Waals surface area contributed by atoms with Crippen LogP contribution in [-0.4, -0.2) is 35.6 Å². The van der Waals surface area contributed by atoms with Gasteiger partial charge in [0.25, 0.3) is 0 Å². The average molecular weight is 223 g/mol. The van der Waals surface area contributed by atoms with E-state index in [-0.39, 0.29) is 0 Å². The SMILES string of the molecule is c1cnn(CCCNC2CCCOCC2)c1. The first-order valence-electron chi connectivity index (χ1n) is 6.24. The van der Waals surface area contributed by atoms with Gasteiger partial charge in [-0.05, 0) is 38.3 Å². The van der Waals surface area contributed by atoms with Crippen LogP contribution in [0.5, 0.6) is 0 Å². The maximum Gasteiger partial charge on any atom is 0.0489 e. The van der Waals surface area contributed by atoms with E-state index in [0.29, 0.717) is 6.04 Å². The Morgan fingerprint density at radius 3 is 3.25 bits per heavy atom. The van der Waals surface area contributed by atoms with Crippen LogP contribution in [0.4, 0.5) is 0 Å². The van der Waals surface area contributed by atoms with E-state index >= 15 is 0 Å². The third-order valence-electron chi connectivity index (χ3n) is 3.01. The number of rotatable bonds is 5. The quantitative estimate of drug-likeness (QED) is 0.768. The van der Waals surface area contributed by atoms with Gasteiger partial charge < -0.3 is 10.1 Å². The normalized spacial score (nSPS) is 21.9. The highest BCUT2D eigenvalue weighted by atomic mass is 16.5. The molecule has 4 nitrogen and oxygen atoms in total. The summed E-state index contributed by atoms with van der Waals surface area (Å²) in [5.74, 6) is 0. The van der Waals surface area contributed by atoms with Crippen LogP contribution >= 0.6 is 0 Å². The molecule has 2 heterocycles. The van der Waals surface area contributed by atoms with Gasteiger partial charge in [0.15, 0.2) is 0 Å². The molecule has 0 aliphatic carbocycles. The van der Waals surface area contributed by atoms with Crippen molar-refractivity contribution < 1.29 is 4.74 Å². The van der Waals surface area contributed by atoms with E-state index in [2.05, 4.69) is 10.4 Å². The van der Waals surface area contributed by atoms with E-state index in [1.165, 1.54) is 12.8 Å². The maximum atomic E-state index is 5.44. The van der Waals surface area contributed by atoms with Crippen molar-refractivity contribution in [3.8, 4) is 0 Å². The predicted octanol–water partition coefficient (Wildman–Crippen LogP) is 1.43. The summed E-state index contributed by atoms with van der Waals surface area (Å²) in [5, 5.41) is 7.79. The Bertz CT molecular complexity index is 266. The molecule has 1 aliphatic rings. The van der Waals surface area contributed by atoms with Crippen LogP contribution in [0.15, 0.2) is 18.5 Å². The second-order valence-electron chi connectivity index (χ2n) is 4.32. The molecular formula is C12H21N3O. The van der Waals surface area contributed by atoms with Crippen LogP contribution in [0, 0.1) is 0 Å². The van der Waals surface area contributed by atoms with E-state index in [1.54, 1.807) is 0 Å². The first-order valence-corrected chi connectivity index (χ1v) is 6.24. The summed E-state index contributed by atoms with van der Waals surface area (Å²) in [6.45, 7) is 3.93. The maximum absolute atomic E-state index is 5.44. The number of ether oxygens (including phenoxy) is 1. The summed E-state index contributed by atoms with van der Waals surface area (Å²) in [5.41, 5.74) is 0. The molecule has 1 aromatic rings. The summed E-state index contributed by atoms with van der Waals surface area (Å²) in [4.78, 5) is 0. The van der Waals surface area contributed by atoms with Crippen LogP contribution in [0.3, 0.4) is 0 Å². The van der Waals surface area contributed by atoms with Crippen molar-refractivity contribution in [3.05, 3.63) is 18.5 Å². The molecule has 0 spiro atoms. The Balaban J connectivity index is 1.56. The van der Waals surface area contributed by atoms with Crippen LogP contribution in [0.25, 0.3) is 0 Å². The number of hydrogen-bond donors (Lipinski definition) is 1. The number of nitrogens with one attached hydrogen (secondary N) is 1. The monoisotopic (exact) mass is 223 g/mol. The molecule has 90 valence electrons. The van der Waals surface area contributed by atoms with Crippen LogP contribution in [0.2, 0.25) is 0 Å². The Hall–Kier alpha value is -0.870. The summed E-state index contributed by atoms with van der Waals surface area (Å²) >= 11 is 0. The van der Waals surface area contributed by atoms with E-state index in [1.807, 2.05) is 23.1 Å². The van der Waals surface area contributed by atoms with Crippen molar-refractivity contribution in [2.45, 2.75) is 38.3 Å². The molecule has 4 heteroatoms. The molecule has 1 atom stereocenters. The topological polar surface area (TPSA) is 39.1 Å². The molecule has 2 rings (SSSR count). The molecule has 1 aliphatic heterocycles. The number of aryl methyl sites for hydroxylation is 1. The minimum Gasteiger partial charge on any atom is -0.381 e. The van der Waals surface area contributed by atoms with Crippen LogP contribution < -0.4 is 5.32 Å². The molecule has 16 heavy (non-hydrogen) atoms. The largest absolute Gasteiger partial charge is 0.381 e. The van der Waals surface area contributed by atoms with E-state index < -0.39 is 0 Å². The van der Waals surface area contributed by atoms with E-state index in [9.17, 15) is 0 Å².